The first-order valence-corrected chi connectivity index (χ1v) is 11.7. The molecule has 1 fully saturated rings. The number of anilines is 1. The molecule has 0 spiro atoms. The molecule has 1 aliphatic rings. The van der Waals surface area contributed by atoms with Gasteiger partial charge in [0.05, 0.1) is 10.2 Å². The van der Waals surface area contributed by atoms with Gasteiger partial charge in [0.25, 0.3) is 5.91 Å². The summed E-state index contributed by atoms with van der Waals surface area (Å²) in [6.07, 6.45) is 0. The molecule has 0 radical (unpaired) electrons. The van der Waals surface area contributed by atoms with Gasteiger partial charge in [0, 0.05) is 36.2 Å². The third-order valence-electron chi connectivity index (χ3n) is 5.24. The largest absolute Gasteiger partial charge is 0.457 e. The van der Waals surface area contributed by atoms with Crippen LogP contribution in [0.2, 0.25) is 0 Å². The number of carbonyl (C=O) groups excluding carboxylic acids is 1. The highest BCUT2D eigenvalue weighted by Gasteiger charge is 2.24. The number of benzene rings is 3. The molecule has 156 valence electrons. The molecular weight excluding hydrogens is 474 g/mol. The fraction of sp³-hybridized carbons (Fsp3) is 0.167. The average Bonchev–Trinajstić information content (AvgIpc) is 3.23. The van der Waals surface area contributed by atoms with Crippen molar-refractivity contribution in [2.24, 2.45) is 0 Å². The smallest absolute Gasteiger partial charge is 0.254 e. The van der Waals surface area contributed by atoms with E-state index in [9.17, 15) is 4.79 Å². The minimum absolute atomic E-state index is 0.0337. The van der Waals surface area contributed by atoms with Crippen LogP contribution in [0.25, 0.3) is 10.2 Å². The summed E-state index contributed by atoms with van der Waals surface area (Å²) in [5.41, 5.74) is 1.66. The Morgan fingerprint density at radius 3 is 2.48 bits per heavy atom. The van der Waals surface area contributed by atoms with Crippen molar-refractivity contribution >= 4 is 48.5 Å². The van der Waals surface area contributed by atoms with Gasteiger partial charge in [-0.25, -0.2) is 4.98 Å². The van der Waals surface area contributed by atoms with Crippen LogP contribution in [0.5, 0.6) is 11.5 Å². The first-order chi connectivity index (χ1) is 15.2. The second-order valence-corrected chi connectivity index (χ2v) is 9.26. The van der Waals surface area contributed by atoms with Crippen molar-refractivity contribution in [1.29, 1.82) is 0 Å². The molecule has 0 aliphatic carbocycles. The molecule has 1 saturated heterocycles. The number of thiazole rings is 1. The Bertz CT molecular complexity index is 1220. The number of piperazine rings is 1. The van der Waals surface area contributed by atoms with Gasteiger partial charge in [-0.05, 0) is 48.5 Å². The van der Waals surface area contributed by atoms with Gasteiger partial charge in [-0.2, -0.15) is 0 Å². The number of carbonyl (C=O) groups is 1. The Kier molecular flexibility index (Phi) is 5.61. The summed E-state index contributed by atoms with van der Waals surface area (Å²) in [5, 5.41) is 1.01. The lowest BCUT2D eigenvalue weighted by molar-refractivity contribution is 0.0746. The number of ether oxygens (including phenoxy) is 1. The molecule has 3 aromatic carbocycles. The molecule has 0 saturated carbocycles. The van der Waals surface area contributed by atoms with E-state index in [1.165, 1.54) is 0 Å². The SMILES string of the molecule is O=C(c1cccc(Oc2ccccc2)c1)N1CCN(c2nc3ccc(Br)cc3s2)CC1. The van der Waals surface area contributed by atoms with Gasteiger partial charge in [-0.15, -0.1) is 0 Å². The summed E-state index contributed by atoms with van der Waals surface area (Å²) in [7, 11) is 0. The van der Waals surface area contributed by atoms with Crippen molar-refractivity contribution in [3.05, 3.63) is 82.8 Å². The zero-order valence-electron chi connectivity index (χ0n) is 16.7. The zero-order valence-corrected chi connectivity index (χ0v) is 19.1. The Balaban J connectivity index is 1.25. The lowest BCUT2D eigenvalue weighted by Gasteiger charge is -2.34. The van der Waals surface area contributed by atoms with Crippen LogP contribution < -0.4 is 9.64 Å². The third kappa shape index (κ3) is 4.43. The van der Waals surface area contributed by atoms with E-state index in [2.05, 4.69) is 26.9 Å². The number of nitrogens with zero attached hydrogens (tertiary/aromatic N) is 3. The van der Waals surface area contributed by atoms with E-state index in [0.29, 0.717) is 24.4 Å². The number of amides is 1. The van der Waals surface area contributed by atoms with Crippen molar-refractivity contribution in [1.82, 2.24) is 9.88 Å². The van der Waals surface area contributed by atoms with Crippen LogP contribution in [-0.4, -0.2) is 42.0 Å². The number of hydrogen-bond donors (Lipinski definition) is 0. The van der Waals surface area contributed by atoms with Gasteiger partial charge in [-0.1, -0.05) is 51.5 Å². The van der Waals surface area contributed by atoms with Gasteiger partial charge in [0.2, 0.25) is 0 Å². The van der Waals surface area contributed by atoms with Crippen molar-refractivity contribution in [3.8, 4) is 11.5 Å². The van der Waals surface area contributed by atoms with E-state index < -0.39 is 0 Å². The van der Waals surface area contributed by atoms with E-state index in [-0.39, 0.29) is 5.91 Å². The summed E-state index contributed by atoms with van der Waals surface area (Å²) in [4.78, 5) is 22.0. The Hall–Kier alpha value is -2.90. The monoisotopic (exact) mass is 493 g/mol. The van der Waals surface area contributed by atoms with Gasteiger partial charge < -0.3 is 14.5 Å². The predicted molar refractivity (Wildman–Crippen MR) is 128 cm³/mol. The lowest BCUT2D eigenvalue weighted by Crippen LogP contribution is -2.48. The van der Waals surface area contributed by atoms with Crippen molar-refractivity contribution in [3.63, 3.8) is 0 Å². The van der Waals surface area contributed by atoms with Crippen LogP contribution in [0.3, 0.4) is 0 Å². The Labute approximate surface area is 193 Å². The van der Waals surface area contributed by atoms with Gasteiger partial charge in [0.15, 0.2) is 5.13 Å². The normalized spacial score (nSPS) is 14.1. The molecule has 0 N–H and O–H groups in total. The fourth-order valence-electron chi connectivity index (χ4n) is 3.62. The van der Waals surface area contributed by atoms with Crippen molar-refractivity contribution < 1.29 is 9.53 Å². The summed E-state index contributed by atoms with van der Waals surface area (Å²) >= 11 is 5.21. The maximum absolute atomic E-state index is 13.1. The second-order valence-electron chi connectivity index (χ2n) is 7.33. The predicted octanol–water partition coefficient (Wildman–Crippen LogP) is 5.81. The molecule has 0 atom stereocenters. The second kappa shape index (κ2) is 8.69. The lowest BCUT2D eigenvalue weighted by atomic mass is 10.1. The Morgan fingerprint density at radius 1 is 0.903 bits per heavy atom. The average molecular weight is 494 g/mol. The van der Waals surface area contributed by atoms with Crippen LogP contribution in [-0.2, 0) is 0 Å². The molecule has 7 heteroatoms. The molecule has 1 amide bonds. The standard InChI is InChI=1S/C24H20BrN3O2S/c25-18-9-10-21-22(16-18)31-24(26-21)28-13-11-27(12-14-28)23(29)17-5-4-8-20(15-17)30-19-6-2-1-3-7-19/h1-10,15-16H,11-14H2. The molecule has 0 bridgehead atoms. The zero-order chi connectivity index (χ0) is 21.2. The first-order valence-electron chi connectivity index (χ1n) is 10.1. The molecule has 1 aliphatic heterocycles. The highest BCUT2D eigenvalue weighted by atomic mass is 79.9. The summed E-state index contributed by atoms with van der Waals surface area (Å²) in [5.74, 6) is 1.45. The van der Waals surface area contributed by atoms with E-state index >= 15 is 0 Å². The molecule has 0 unspecified atom stereocenters. The Morgan fingerprint density at radius 2 is 1.68 bits per heavy atom. The minimum Gasteiger partial charge on any atom is -0.457 e. The first kappa shape index (κ1) is 20.0. The number of hydrogen-bond acceptors (Lipinski definition) is 5. The van der Waals surface area contributed by atoms with Crippen molar-refractivity contribution in [2.45, 2.75) is 0 Å². The van der Waals surface area contributed by atoms with E-state index in [1.807, 2.05) is 71.6 Å². The maximum Gasteiger partial charge on any atom is 0.254 e. The van der Waals surface area contributed by atoms with Crippen LogP contribution in [0.1, 0.15) is 10.4 Å². The summed E-state index contributed by atoms with van der Waals surface area (Å²) < 4.78 is 8.10. The molecule has 2 heterocycles. The highest BCUT2D eigenvalue weighted by molar-refractivity contribution is 9.10. The topological polar surface area (TPSA) is 45.7 Å². The molecule has 1 aromatic heterocycles. The van der Waals surface area contributed by atoms with Crippen LogP contribution in [0.15, 0.2) is 77.3 Å². The fourth-order valence-corrected chi connectivity index (χ4v) is 5.19. The van der Waals surface area contributed by atoms with Crippen LogP contribution in [0, 0.1) is 0 Å². The number of para-hydroxylation sites is 1. The van der Waals surface area contributed by atoms with E-state index in [1.54, 1.807) is 11.3 Å². The van der Waals surface area contributed by atoms with Gasteiger partial charge in [-0.3, -0.25) is 4.79 Å². The van der Waals surface area contributed by atoms with Gasteiger partial charge >= 0.3 is 0 Å². The molecular formula is C24H20BrN3O2S. The van der Waals surface area contributed by atoms with E-state index in [4.69, 9.17) is 9.72 Å². The van der Waals surface area contributed by atoms with Crippen LogP contribution >= 0.6 is 27.3 Å². The summed E-state index contributed by atoms with van der Waals surface area (Å²) in [6, 6.07) is 23.1. The quantitative estimate of drug-likeness (QED) is 0.359. The number of fused-ring (bicyclic) bond motifs is 1. The molecule has 4 aromatic rings. The van der Waals surface area contributed by atoms with Crippen LogP contribution in [0.4, 0.5) is 5.13 Å². The maximum atomic E-state index is 13.1. The number of aromatic nitrogens is 1. The number of rotatable bonds is 4. The third-order valence-corrected chi connectivity index (χ3v) is 6.81. The molecule has 5 rings (SSSR count). The number of halogens is 1. The van der Waals surface area contributed by atoms with E-state index in [0.717, 1.165) is 38.7 Å². The minimum atomic E-state index is 0.0337. The highest BCUT2D eigenvalue weighted by Crippen LogP contribution is 2.31. The summed E-state index contributed by atoms with van der Waals surface area (Å²) in [6.45, 7) is 2.88. The van der Waals surface area contributed by atoms with Crippen molar-refractivity contribution in [2.75, 3.05) is 31.1 Å². The molecule has 31 heavy (non-hydrogen) atoms. The van der Waals surface area contributed by atoms with Gasteiger partial charge in [0.1, 0.15) is 11.5 Å². The molecule has 5 nitrogen and oxygen atoms in total.